The second-order valence-corrected chi connectivity index (χ2v) is 3.56. The zero-order chi connectivity index (χ0) is 10.4. The van der Waals surface area contributed by atoms with Crippen LogP contribution in [0.2, 0.25) is 0 Å². The molecule has 0 aliphatic heterocycles. The van der Waals surface area contributed by atoms with Crippen LogP contribution < -0.4 is 5.73 Å². The fourth-order valence-corrected chi connectivity index (χ4v) is 1.44. The van der Waals surface area contributed by atoms with Gasteiger partial charge in [0, 0.05) is 0 Å². The minimum absolute atomic E-state index is 0. The maximum atomic E-state index is 8.81. The number of hydrogen-bond donors (Lipinski definition) is 2. The van der Waals surface area contributed by atoms with Crippen molar-refractivity contribution in [3.05, 3.63) is 23.7 Å². The molecule has 3 nitrogen and oxygen atoms in total. The van der Waals surface area contributed by atoms with Crippen LogP contribution in [-0.4, -0.2) is 5.11 Å². The van der Waals surface area contributed by atoms with E-state index in [0.29, 0.717) is 5.76 Å². The van der Waals surface area contributed by atoms with E-state index in [1.165, 1.54) is 12.8 Å². The monoisotopic (exact) mass is 233 g/mol. The van der Waals surface area contributed by atoms with Gasteiger partial charge in [-0.15, -0.1) is 12.4 Å². The fourth-order valence-electron chi connectivity index (χ4n) is 1.44. The van der Waals surface area contributed by atoms with E-state index < -0.39 is 0 Å². The smallest absolute Gasteiger partial charge is 0.129 e. The second-order valence-electron chi connectivity index (χ2n) is 3.56. The van der Waals surface area contributed by atoms with Crippen LogP contribution in [-0.2, 0) is 6.61 Å². The van der Waals surface area contributed by atoms with Gasteiger partial charge in [-0.25, -0.2) is 0 Å². The predicted octanol–water partition coefficient (Wildman–Crippen LogP) is 2.77. The van der Waals surface area contributed by atoms with E-state index in [4.69, 9.17) is 15.3 Å². The summed E-state index contributed by atoms with van der Waals surface area (Å²) in [7, 11) is 0. The Morgan fingerprint density at radius 2 is 2.13 bits per heavy atom. The molecule has 4 heteroatoms. The molecule has 0 spiro atoms. The van der Waals surface area contributed by atoms with Gasteiger partial charge in [-0.3, -0.25) is 0 Å². The molecular weight excluding hydrogens is 214 g/mol. The summed E-state index contributed by atoms with van der Waals surface area (Å²) < 4.78 is 5.35. The lowest BCUT2D eigenvalue weighted by atomic mass is 10.1. The minimum Gasteiger partial charge on any atom is -0.462 e. The third-order valence-corrected chi connectivity index (χ3v) is 2.32. The molecule has 0 fully saturated rings. The van der Waals surface area contributed by atoms with Crippen molar-refractivity contribution < 1.29 is 9.52 Å². The number of aliphatic hydroxyl groups excluding tert-OH is 1. The van der Waals surface area contributed by atoms with Crippen LogP contribution in [0.3, 0.4) is 0 Å². The van der Waals surface area contributed by atoms with Crippen LogP contribution in [0.5, 0.6) is 0 Å². The van der Waals surface area contributed by atoms with E-state index in [9.17, 15) is 0 Å². The van der Waals surface area contributed by atoms with E-state index in [1.54, 1.807) is 6.07 Å². The van der Waals surface area contributed by atoms with Gasteiger partial charge in [0.1, 0.15) is 18.1 Å². The molecule has 0 radical (unpaired) electrons. The van der Waals surface area contributed by atoms with Crippen molar-refractivity contribution in [1.82, 2.24) is 0 Å². The third kappa shape index (κ3) is 4.69. The van der Waals surface area contributed by atoms with Crippen LogP contribution in [0.15, 0.2) is 16.5 Å². The average Bonchev–Trinajstić information content (AvgIpc) is 2.66. The summed E-state index contributed by atoms with van der Waals surface area (Å²) in [6.45, 7) is 2.12. The van der Waals surface area contributed by atoms with Gasteiger partial charge < -0.3 is 15.3 Å². The maximum Gasteiger partial charge on any atom is 0.129 e. The standard InChI is InChI=1S/C11H19NO2.ClH/c1-2-3-4-5-10(12)11-7-6-9(8-13)14-11;/h6-7,10,13H,2-5,8,12H2,1H3;1H/t10-;/m0./s1. The number of aliphatic hydroxyl groups is 1. The zero-order valence-corrected chi connectivity index (χ0v) is 9.93. The summed E-state index contributed by atoms with van der Waals surface area (Å²) in [6, 6.07) is 3.60. The summed E-state index contributed by atoms with van der Waals surface area (Å²) in [5, 5.41) is 8.81. The Balaban J connectivity index is 0.00000196. The SMILES string of the molecule is CCCCC[C@H](N)c1ccc(CO)o1.Cl. The maximum absolute atomic E-state index is 8.81. The molecule has 1 heterocycles. The van der Waals surface area contributed by atoms with Crippen molar-refractivity contribution in [2.75, 3.05) is 0 Å². The van der Waals surface area contributed by atoms with Crippen LogP contribution in [0, 0.1) is 0 Å². The summed E-state index contributed by atoms with van der Waals surface area (Å²) in [5.74, 6) is 1.37. The molecule has 0 aliphatic carbocycles. The molecule has 1 atom stereocenters. The molecule has 1 aromatic rings. The second kappa shape index (κ2) is 7.74. The highest BCUT2D eigenvalue weighted by molar-refractivity contribution is 5.85. The molecule has 0 amide bonds. The number of halogens is 1. The van der Waals surface area contributed by atoms with Gasteiger partial charge in [0.05, 0.1) is 6.04 Å². The topological polar surface area (TPSA) is 59.4 Å². The first-order valence-electron chi connectivity index (χ1n) is 5.23. The van der Waals surface area contributed by atoms with Gasteiger partial charge in [-0.1, -0.05) is 26.2 Å². The third-order valence-electron chi connectivity index (χ3n) is 2.32. The Hall–Kier alpha value is -0.510. The van der Waals surface area contributed by atoms with Crippen molar-refractivity contribution in [2.24, 2.45) is 5.73 Å². The lowest BCUT2D eigenvalue weighted by molar-refractivity contribution is 0.241. The highest BCUT2D eigenvalue weighted by atomic mass is 35.5. The lowest BCUT2D eigenvalue weighted by Gasteiger charge is -2.07. The molecule has 1 aromatic heterocycles. The van der Waals surface area contributed by atoms with Crippen molar-refractivity contribution >= 4 is 12.4 Å². The van der Waals surface area contributed by atoms with E-state index in [1.807, 2.05) is 6.07 Å². The van der Waals surface area contributed by atoms with Gasteiger partial charge in [0.25, 0.3) is 0 Å². The number of furan rings is 1. The first-order valence-corrected chi connectivity index (χ1v) is 5.23. The molecule has 0 saturated carbocycles. The molecule has 1 rings (SSSR count). The summed E-state index contributed by atoms with van der Waals surface area (Å²) in [4.78, 5) is 0. The molecule has 15 heavy (non-hydrogen) atoms. The molecule has 0 unspecified atom stereocenters. The van der Waals surface area contributed by atoms with E-state index in [-0.39, 0.29) is 25.1 Å². The summed E-state index contributed by atoms with van der Waals surface area (Å²) in [6.07, 6.45) is 4.49. The molecule has 0 aromatic carbocycles. The average molecular weight is 234 g/mol. The van der Waals surface area contributed by atoms with Crippen molar-refractivity contribution in [2.45, 2.75) is 45.3 Å². The van der Waals surface area contributed by atoms with Crippen LogP contribution in [0.1, 0.15) is 50.2 Å². The Morgan fingerprint density at radius 1 is 1.40 bits per heavy atom. The normalized spacial score (nSPS) is 12.2. The van der Waals surface area contributed by atoms with E-state index in [0.717, 1.165) is 18.6 Å². The molecule has 88 valence electrons. The van der Waals surface area contributed by atoms with Crippen LogP contribution in [0.4, 0.5) is 0 Å². The minimum atomic E-state index is -0.0539. The Kier molecular flexibility index (Phi) is 7.48. The van der Waals surface area contributed by atoms with E-state index >= 15 is 0 Å². The van der Waals surface area contributed by atoms with Gasteiger partial charge in [0.2, 0.25) is 0 Å². The number of unbranched alkanes of at least 4 members (excludes halogenated alkanes) is 2. The Labute approximate surface area is 97.1 Å². The van der Waals surface area contributed by atoms with Crippen molar-refractivity contribution in [3.8, 4) is 0 Å². The molecule has 0 saturated heterocycles. The number of hydrogen-bond acceptors (Lipinski definition) is 3. The summed E-state index contributed by atoms with van der Waals surface area (Å²) in [5.41, 5.74) is 5.93. The highest BCUT2D eigenvalue weighted by Gasteiger charge is 2.09. The fraction of sp³-hybridized carbons (Fsp3) is 0.636. The number of nitrogens with two attached hydrogens (primary N) is 1. The highest BCUT2D eigenvalue weighted by Crippen LogP contribution is 2.19. The van der Waals surface area contributed by atoms with Gasteiger partial charge in [-0.2, -0.15) is 0 Å². The number of rotatable bonds is 6. The van der Waals surface area contributed by atoms with Crippen LogP contribution >= 0.6 is 12.4 Å². The van der Waals surface area contributed by atoms with Gasteiger partial charge in [0.15, 0.2) is 0 Å². The molecule has 3 N–H and O–H groups in total. The van der Waals surface area contributed by atoms with Crippen molar-refractivity contribution in [3.63, 3.8) is 0 Å². The Morgan fingerprint density at radius 3 is 2.67 bits per heavy atom. The quantitative estimate of drug-likeness (QED) is 0.743. The Bertz CT molecular complexity index is 263. The molecule has 0 bridgehead atoms. The molecule has 0 aliphatic rings. The van der Waals surface area contributed by atoms with E-state index in [2.05, 4.69) is 6.92 Å². The van der Waals surface area contributed by atoms with Crippen molar-refractivity contribution in [1.29, 1.82) is 0 Å². The van der Waals surface area contributed by atoms with Gasteiger partial charge >= 0.3 is 0 Å². The summed E-state index contributed by atoms with van der Waals surface area (Å²) >= 11 is 0. The zero-order valence-electron chi connectivity index (χ0n) is 9.11. The largest absolute Gasteiger partial charge is 0.462 e. The predicted molar refractivity (Wildman–Crippen MR) is 62.9 cm³/mol. The first-order chi connectivity index (χ1) is 6.77. The van der Waals surface area contributed by atoms with Gasteiger partial charge in [-0.05, 0) is 18.6 Å². The molecular formula is C11H20ClNO2. The van der Waals surface area contributed by atoms with Crippen LogP contribution in [0.25, 0.3) is 0 Å². The lowest BCUT2D eigenvalue weighted by Crippen LogP contribution is -2.08. The first kappa shape index (κ1) is 14.5.